The second kappa shape index (κ2) is 11.6. The lowest BCUT2D eigenvalue weighted by atomic mass is 10.0. The van der Waals surface area contributed by atoms with Crippen LogP contribution in [0.25, 0.3) is 0 Å². The fourth-order valence-corrected chi connectivity index (χ4v) is 1.83. The summed E-state index contributed by atoms with van der Waals surface area (Å²) in [5.41, 5.74) is 4.58. The standard InChI is InChI=1S/C15H28/c1-4-7-9-11-13-15(6-3)14-12-10-8-5-2/h3-5,7-14H2,1-2H3. The number of unbranched alkanes of at least 4 members (excludes halogenated alkanes) is 6. The van der Waals surface area contributed by atoms with Crippen LogP contribution in [-0.4, -0.2) is 0 Å². The summed E-state index contributed by atoms with van der Waals surface area (Å²) in [4.78, 5) is 0. The van der Waals surface area contributed by atoms with E-state index in [1.165, 1.54) is 69.8 Å². The SMILES string of the molecule is C=C=C(CCCCCC)CCCCCC. The number of hydrogen-bond acceptors (Lipinski definition) is 0. The molecular weight excluding hydrogens is 180 g/mol. The molecule has 0 aliphatic carbocycles. The predicted octanol–water partition coefficient (Wildman–Crippen LogP) is 5.64. The highest BCUT2D eigenvalue weighted by Gasteiger charge is 1.97. The molecule has 0 nitrogen and oxygen atoms in total. The van der Waals surface area contributed by atoms with E-state index in [-0.39, 0.29) is 0 Å². The highest BCUT2D eigenvalue weighted by atomic mass is 14.0. The maximum atomic E-state index is 3.80. The first kappa shape index (κ1) is 14.5. The Balaban J connectivity index is 3.44. The molecule has 0 spiro atoms. The molecule has 0 atom stereocenters. The van der Waals surface area contributed by atoms with E-state index >= 15 is 0 Å². The molecule has 15 heavy (non-hydrogen) atoms. The van der Waals surface area contributed by atoms with Gasteiger partial charge in [-0.05, 0) is 31.3 Å². The van der Waals surface area contributed by atoms with E-state index in [0.717, 1.165) is 0 Å². The zero-order chi connectivity index (χ0) is 11.4. The first-order valence-corrected chi connectivity index (χ1v) is 6.72. The summed E-state index contributed by atoms with van der Waals surface area (Å²) in [6, 6.07) is 0. The first-order valence-electron chi connectivity index (χ1n) is 6.72. The summed E-state index contributed by atoms with van der Waals surface area (Å²) < 4.78 is 0. The van der Waals surface area contributed by atoms with Crippen LogP contribution < -0.4 is 0 Å². The van der Waals surface area contributed by atoms with E-state index in [9.17, 15) is 0 Å². The van der Waals surface area contributed by atoms with Crippen molar-refractivity contribution in [3.63, 3.8) is 0 Å². The molecule has 0 unspecified atom stereocenters. The Morgan fingerprint density at radius 1 is 0.800 bits per heavy atom. The number of rotatable bonds is 10. The Labute approximate surface area is 96.5 Å². The minimum Gasteiger partial charge on any atom is -0.130 e. The normalized spacial score (nSPS) is 10.0. The molecule has 0 amide bonds. The van der Waals surface area contributed by atoms with Crippen LogP contribution in [0.5, 0.6) is 0 Å². The van der Waals surface area contributed by atoms with Crippen molar-refractivity contribution in [2.24, 2.45) is 0 Å². The van der Waals surface area contributed by atoms with Gasteiger partial charge in [0.1, 0.15) is 0 Å². The molecule has 0 fully saturated rings. The quantitative estimate of drug-likeness (QED) is 0.322. The number of allylic oxidation sites excluding steroid dienone is 1. The highest BCUT2D eigenvalue weighted by Crippen LogP contribution is 2.16. The molecule has 0 aliphatic heterocycles. The van der Waals surface area contributed by atoms with Crippen molar-refractivity contribution in [1.29, 1.82) is 0 Å². The number of hydrogen-bond donors (Lipinski definition) is 0. The van der Waals surface area contributed by atoms with Crippen LogP contribution in [0.3, 0.4) is 0 Å². The largest absolute Gasteiger partial charge is 0.130 e. The maximum absolute atomic E-state index is 3.80. The third-order valence-corrected chi connectivity index (χ3v) is 2.91. The van der Waals surface area contributed by atoms with Crippen molar-refractivity contribution in [2.75, 3.05) is 0 Å². The molecule has 0 aromatic carbocycles. The maximum Gasteiger partial charge on any atom is -0.0244 e. The Morgan fingerprint density at radius 3 is 1.60 bits per heavy atom. The van der Waals surface area contributed by atoms with E-state index in [2.05, 4.69) is 26.2 Å². The molecule has 0 saturated carbocycles. The Morgan fingerprint density at radius 2 is 1.27 bits per heavy atom. The van der Waals surface area contributed by atoms with Gasteiger partial charge in [-0.3, -0.25) is 0 Å². The van der Waals surface area contributed by atoms with Crippen LogP contribution in [0.15, 0.2) is 17.9 Å². The summed E-state index contributed by atoms with van der Waals surface area (Å²) in [7, 11) is 0. The lowest BCUT2D eigenvalue weighted by Crippen LogP contribution is -1.85. The molecule has 0 aliphatic rings. The lowest BCUT2D eigenvalue weighted by Gasteiger charge is -2.04. The Kier molecular flexibility index (Phi) is 11.2. The van der Waals surface area contributed by atoms with Crippen LogP contribution in [0.2, 0.25) is 0 Å². The van der Waals surface area contributed by atoms with Crippen molar-refractivity contribution < 1.29 is 0 Å². The summed E-state index contributed by atoms with van der Waals surface area (Å²) in [5, 5.41) is 0. The van der Waals surface area contributed by atoms with Gasteiger partial charge in [0.05, 0.1) is 0 Å². The molecule has 0 aromatic rings. The topological polar surface area (TPSA) is 0 Å². The van der Waals surface area contributed by atoms with E-state index in [1.807, 2.05) is 0 Å². The predicted molar refractivity (Wildman–Crippen MR) is 70.2 cm³/mol. The Hall–Kier alpha value is -0.480. The average Bonchev–Trinajstić information content (AvgIpc) is 2.27. The lowest BCUT2D eigenvalue weighted by molar-refractivity contribution is 0.625. The molecule has 0 aromatic heterocycles. The van der Waals surface area contributed by atoms with Crippen LogP contribution in [0.1, 0.15) is 78.1 Å². The molecule has 0 radical (unpaired) electrons. The van der Waals surface area contributed by atoms with E-state index in [0.29, 0.717) is 0 Å². The zero-order valence-corrected chi connectivity index (χ0v) is 10.8. The van der Waals surface area contributed by atoms with E-state index in [1.54, 1.807) is 0 Å². The highest BCUT2D eigenvalue weighted by molar-refractivity contribution is 4.98. The second-order valence-corrected chi connectivity index (χ2v) is 4.40. The Bertz CT molecular complexity index is 158. The fourth-order valence-electron chi connectivity index (χ4n) is 1.83. The van der Waals surface area contributed by atoms with Crippen molar-refractivity contribution in [3.05, 3.63) is 17.9 Å². The van der Waals surface area contributed by atoms with Gasteiger partial charge in [0.25, 0.3) is 0 Å². The molecule has 0 bridgehead atoms. The van der Waals surface area contributed by atoms with Crippen LogP contribution in [0.4, 0.5) is 0 Å². The van der Waals surface area contributed by atoms with Crippen molar-refractivity contribution in [2.45, 2.75) is 78.1 Å². The smallest absolute Gasteiger partial charge is 0.0244 e. The van der Waals surface area contributed by atoms with Gasteiger partial charge in [-0.2, -0.15) is 0 Å². The molecule has 0 heterocycles. The first-order chi connectivity index (χ1) is 7.35. The van der Waals surface area contributed by atoms with Crippen LogP contribution in [0, 0.1) is 0 Å². The molecule has 88 valence electrons. The van der Waals surface area contributed by atoms with Crippen molar-refractivity contribution in [3.8, 4) is 0 Å². The van der Waals surface area contributed by atoms with Gasteiger partial charge in [0.15, 0.2) is 0 Å². The summed E-state index contributed by atoms with van der Waals surface area (Å²) >= 11 is 0. The van der Waals surface area contributed by atoms with Crippen molar-refractivity contribution >= 4 is 0 Å². The van der Waals surface area contributed by atoms with Gasteiger partial charge < -0.3 is 0 Å². The summed E-state index contributed by atoms with van der Waals surface area (Å²) in [6.07, 6.45) is 13.3. The third kappa shape index (κ3) is 9.82. The minimum atomic E-state index is 1.23. The van der Waals surface area contributed by atoms with Gasteiger partial charge in [0.2, 0.25) is 0 Å². The minimum absolute atomic E-state index is 1.23. The molecule has 0 saturated heterocycles. The van der Waals surface area contributed by atoms with Crippen molar-refractivity contribution in [1.82, 2.24) is 0 Å². The summed E-state index contributed by atoms with van der Waals surface area (Å²) in [6.45, 7) is 8.31. The van der Waals surface area contributed by atoms with Crippen LogP contribution in [-0.2, 0) is 0 Å². The average molecular weight is 208 g/mol. The summed E-state index contributed by atoms with van der Waals surface area (Å²) in [5.74, 6) is 0. The van der Waals surface area contributed by atoms with Gasteiger partial charge in [-0.15, -0.1) is 5.73 Å². The zero-order valence-electron chi connectivity index (χ0n) is 10.8. The van der Waals surface area contributed by atoms with Gasteiger partial charge in [-0.25, -0.2) is 0 Å². The monoisotopic (exact) mass is 208 g/mol. The fraction of sp³-hybridized carbons (Fsp3) is 0.800. The van der Waals surface area contributed by atoms with Crippen LogP contribution >= 0.6 is 0 Å². The van der Waals surface area contributed by atoms with Gasteiger partial charge in [-0.1, -0.05) is 59.0 Å². The van der Waals surface area contributed by atoms with Gasteiger partial charge in [0, 0.05) is 0 Å². The molecule has 0 rings (SSSR count). The third-order valence-electron chi connectivity index (χ3n) is 2.91. The van der Waals surface area contributed by atoms with E-state index in [4.69, 9.17) is 0 Å². The molecular formula is C15H28. The molecule has 0 N–H and O–H groups in total. The van der Waals surface area contributed by atoms with Gasteiger partial charge >= 0.3 is 0 Å². The second-order valence-electron chi connectivity index (χ2n) is 4.40. The molecule has 0 heteroatoms. The van der Waals surface area contributed by atoms with E-state index < -0.39 is 0 Å².